The number of fused-ring (bicyclic) bond motifs is 1. The number of halogens is 1. The molecule has 0 spiro atoms. The molecule has 0 unspecified atom stereocenters. The Balaban J connectivity index is 1.58. The second kappa shape index (κ2) is 7.97. The third kappa shape index (κ3) is 4.18. The predicted octanol–water partition coefficient (Wildman–Crippen LogP) is 3.92. The Kier molecular flexibility index (Phi) is 5.49. The number of esters is 1. The number of carbonyl (C=O) groups is 2. The molecule has 1 atom stereocenters. The van der Waals surface area contributed by atoms with Gasteiger partial charge in [0.25, 0.3) is 5.91 Å². The summed E-state index contributed by atoms with van der Waals surface area (Å²) in [6.45, 7) is 1.42. The van der Waals surface area contributed by atoms with Crippen LogP contribution in [0.5, 0.6) is 0 Å². The molecule has 5 nitrogen and oxygen atoms in total. The molecule has 6 heteroatoms. The van der Waals surface area contributed by atoms with E-state index in [2.05, 4.69) is 10.3 Å². The molecule has 1 amide bonds. The van der Waals surface area contributed by atoms with Crippen molar-refractivity contribution in [1.29, 1.82) is 0 Å². The number of hydrogen-bond acceptors (Lipinski definition) is 4. The van der Waals surface area contributed by atoms with Gasteiger partial charge >= 0.3 is 5.97 Å². The number of rotatable bonds is 5. The largest absolute Gasteiger partial charge is 0.451 e. The van der Waals surface area contributed by atoms with Crippen LogP contribution >= 0.6 is 11.6 Å². The van der Waals surface area contributed by atoms with Crippen molar-refractivity contribution in [3.8, 4) is 0 Å². The smallest absolute Gasteiger partial charge is 0.357 e. The first-order valence-corrected chi connectivity index (χ1v) is 8.49. The van der Waals surface area contributed by atoms with E-state index in [1.165, 1.54) is 0 Å². The van der Waals surface area contributed by atoms with Crippen LogP contribution in [0, 0.1) is 0 Å². The zero-order valence-corrected chi connectivity index (χ0v) is 14.9. The third-order valence-corrected chi connectivity index (χ3v) is 4.24. The summed E-state index contributed by atoms with van der Waals surface area (Å²) < 4.78 is 5.06. The first-order chi connectivity index (χ1) is 12.5. The lowest BCUT2D eigenvalue weighted by Gasteiger charge is -2.15. The minimum Gasteiger partial charge on any atom is -0.451 e. The molecule has 1 N–H and O–H groups in total. The Hall–Kier alpha value is -2.92. The molecule has 132 valence electrons. The predicted molar refractivity (Wildman–Crippen MR) is 100 cm³/mol. The molecule has 0 radical (unpaired) electrons. The lowest BCUT2D eigenvalue weighted by molar-refractivity contribution is -0.124. The number of amides is 1. The van der Waals surface area contributed by atoms with Gasteiger partial charge in [0.1, 0.15) is 5.69 Å². The zero-order chi connectivity index (χ0) is 18.5. The fraction of sp³-hybridized carbons (Fsp3) is 0.150. The Morgan fingerprint density at radius 3 is 2.62 bits per heavy atom. The van der Waals surface area contributed by atoms with Crippen molar-refractivity contribution in [3.05, 3.63) is 76.9 Å². The summed E-state index contributed by atoms with van der Waals surface area (Å²) in [6.07, 6.45) is 0. The molecule has 0 aliphatic rings. The number of carbonyl (C=O) groups excluding carboxylic acids is 2. The summed E-state index contributed by atoms with van der Waals surface area (Å²) in [5.74, 6) is -1.05. The minimum atomic E-state index is -0.642. The molecule has 0 bridgehead atoms. The molecule has 0 saturated carbocycles. The van der Waals surface area contributed by atoms with Crippen LogP contribution in [0.3, 0.4) is 0 Å². The molecular formula is C20H17ClN2O3. The van der Waals surface area contributed by atoms with E-state index >= 15 is 0 Å². The van der Waals surface area contributed by atoms with Crippen LogP contribution in [-0.2, 0) is 9.53 Å². The van der Waals surface area contributed by atoms with Gasteiger partial charge in [-0.2, -0.15) is 0 Å². The number of pyridine rings is 1. The van der Waals surface area contributed by atoms with Gasteiger partial charge in [0.05, 0.1) is 11.6 Å². The molecule has 0 aliphatic carbocycles. The van der Waals surface area contributed by atoms with E-state index in [0.29, 0.717) is 10.5 Å². The normalized spacial score (nSPS) is 11.8. The summed E-state index contributed by atoms with van der Waals surface area (Å²) in [5.41, 5.74) is 1.65. The highest BCUT2D eigenvalue weighted by molar-refractivity contribution is 6.31. The Morgan fingerprint density at radius 1 is 1.08 bits per heavy atom. The van der Waals surface area contributed by atoms with Crippen LogP contribution < -0.4 is 5.32 Å². The van der Waals surface area contributed by atoms with E-state index in [0.717, 1.165) is 10.9 Å². The Bertz CT molecular complexity index is 958. The van der Waals surface area contributed by atoms with E-state index in [9.17, 15) is 9.59 Å². The van der Waals surface area contributed by atoms with Gasteiger partial charge in [0.15, 0.2) is 6.61 Å². The van der Waals surface area contributed by atoms with E-state index in [-0.39, 0.29) is 18.3 Å². The highest BCUT2D eigenvalue weighted by Gasteiger charge is 2.15. The maximum atomic E-state index is 12.1. The molecule has 3 rings (SSSR count). The highest BCUT2D eigenvalue weighted by atomic mass is 35.5. The number of ether oxygens (including phenoxy) is 1. The lowest BCUT2D eigenvalue weighted by Crippen LogP contribution is -2.31. The standard InChI is InChI=1S/C20H17ClN2O3/c1-13(15-7-3-4-8-16(15)21)22-19(24)12-26-20(25)18-11-10-14-6-2-5-9-17(14)23-18/h2-11,13H,12H2,1H3,(H,22,24)/t13-/m0/s1. The van der Waals surface area contributed by atoms with E-state index in [1.807, 2.05) is 49.4 Å². The van der Waals surface area contributed by atoms with Crippen LogP contribution in [-0.4, -0.2) is 23.5 Å². The third-order valence-electron chi connectivity index (χ3n) is 3.89. The second-order valence-corrected chi connectivity index (χ2v) is 6.18. The van der Waals surface area contributed by atoms with Crippen molar-refractivity contribution in [2.24, 2.45) is 0 Å². The van der Waals surface area contributed by atoms with Gasteiger partial charge in [-0.3, -0.25) is 4.79 Å². The first-order valence-electron chi connectivity index (χ1n) is 8.11. The fourth-order valence-corrected chi connectivity index (χ4v) is 2.87. The number of aromatic nitrogens is 1. The van der Waals surface area contributed by atoms with Crippen molar-refractivity contribution < 1.29 is 14.3 Å². The van der Waals surface area contributed by atoms with Crippen LogP contribution in [0.1, 0.15) is 29.0 Å². The van der Waals surface area contributed by atoms with E-state index in [4.69, 9.17) is 16.3 Å². The second-order valence-electron chi connectivity index (χ2n) is 5.78. The number of para-hydroxylation sites is 1. The summed E-state index contributed by atoms with van der Waals surface area (Å²) in [6, 6.07) is 17.8. The number of benzene rings is 2. The van der Waals surface area contributed by atoms with Crippen molar-refractivity contribution in [1.82, 2.24) is 10.3 Å². The van der Waals surface area contributed by atoms with Crippen molar-refractivity contribution in [2.45, 2.75) is 13.0 Å². The topological polar surface area (TPSA) is 68.3 Å². The van der Waals surface area contributed by atoms with E-state index < -0.39 is 11.9 Å². The maximum absolute atomic E-state index is 12.1. The van der Waals surface area contributed by atoms with Gasteiger partial charge in [-0.1, -0.05) is 54.1 Å². The van der Waals surface area contributed by atoms with Crippen molar-refractivity contribution in [2.75, 3.05) is 6.61 Å². The average molecular weight is 369 g/mol. The number of nitrogens with zero attached hydrogens (tertiary/aromatic N) is 1. The highest BCUT2D eigenvalue weighted by Crippen LogP contribution is 2.22. The van der Waals surface area contributed by atoms with Crippen molar-refractivity contribution >= 4 is 34.4 Å². The zero-order valence-electron chi connectivity index (χ0n) is 14.1. The number of nitrogens with one attached hydrogen (secondary N) is 1. The van der Waals surface area contributed by atoms with Gasteiger partial charge < -0.3 is 10.1 Å². The van der Waals surface area contributed by atoms with Gasteiger partial charge in [-0.05, 0) is 30.7 Å². The van der Waals surface area contributed by atoms with Gasteiger partial charge in [-0.25, -0.2) is 9.78 Å². The van der Waals surface area contributed by atoms with Gasteiger partial charge in [0.2, 0.25) is 0 Å². The summed E-state index contributed by atoms with van der Waals surface area (Å²) >= 11 is 6.11. The average Bonchev–Trinajstić information content (AvgIpc) is 2.66. The van der Waals surface area contributed by atoms with Crippen LogP contribution in [0.15, 0.2) is 60.7 Å². The van der Waals surface area contributed by atoms with Crippen LogP contribution in [0.4, 0.5) is 0 Å². The number of hydrogen-bond donors (Lipinski definition) is 1. The van der Waals surface area contributed by atoms with Crippen molar-refractivity contribution in [3.63, 3.8) is 0 Å². The molecule has 26 heavy (non-hydrogen) atoms. The molecule has 2 aromatic carbocycles. The molecule has 0 fully saturated rings. The maximum Gasteiger partial charge on any atom is 0.357 e. The first kappa shape index (κ1) is 17.9. The van der Waals surface area contributed by atoms with Crippen LogP contribution in [0.25, 0.3) is 10.9 Å². The minimum absolute atomic E-state index is 0.163. The molecule has 3 aromatic rings. The summed E-state index contributed by atoms with van der Waals surface area (Å²) in [4.78, 5) is 28.4. The fourth-order valence-electron chi connectivity index (χ4n) is 2.57. The summed E-state index contributed by atoms with van der Waals surface area (Å²) in [7, 11) is 0. The van der Waals surface area contributed by atoms with Gasteiger partial charge in [0, 0.05) is 10.4 Å². The van der Waals surface area contributed by atoms with E-state index in [1.54, 1.807) is 18.2 Å². The molecule has 1 aromatic heterocycles. The van der Waals surface area contributed by atoms with Crippen LogP contribution in [0.2, 0.25) is 5.02 Å². The lowest BCUT2D eigenvalue weighted by atomic mass is 10.1. The molecule has 0 saturated heterocycles. The summed E-state index contributed by atoms with van der Waals surface area (Å²) in [5, 5.41) is 4.25. The Labute approximate surface area is 156 Å². The monoisotopic (exact) mass is 368 g/mol. The van der Waals surface area contributed by atoms with Gasteiger partial charge in [-0.15, -0.1) is 0 Å². The molecule has 1 heterocycles. The SMILES string of the molecule is C[C@H](NC(=O)COC(=O)c1ccc2ccccc2n1)c1ccccc1Cl. The Morgan fingerprint density at radius 2 is 1.81 bits per heavy atom. The quantitative estimate of drug-likeness (QED) is 0.693. The molecule has 0 aliphatic heterocycles. The molecular weight excluding hydrogens is 352 g/mol.